The minimum Gasteiger partial charge on any atom is -0.0622 e. The highest BCUT2D eigenvalue weighted by Crippen LogP contribution is 2.42. The van der Waals surface area contributed by atoms with E-state index in [1.165, 1.54) is 98.7 Å². The SMILES string of the molecule is Cc1ccc(-c2ccc3c(c2)cc(-c2ccc4ccccc4c2)c2cc(-c4cc5ccccc5cc4-c4ccccc4)ccc23)cc1C. The molecule has 0 bridgehead atoms. The molecule has 0 saturated heterocycles. The lowest BCUT2D eigenvalue weighted by atomic mass is 9.87. The van der Waals surface area contributed by atoms with E-state index in [2.05, 4.69) is 184 Å². The zero-order chi connectivity index (χ0) is 32.2. The summed E-state index contributed by atoms with van der Waals surface area (Å²) in [6, 6.07) is 63.0. The van der Waals surface area contributed by atoms with Crippen LogP contribution in [0.3, 0.4) is 0 Å². The van der Waals surface area contributed by atoms with Crippen molar-refractivity contribution in [2.45, 2.75) is 13.8 Å². The summed E-state index contributed by atoms with van der Waals surface area (Å²) in [6.45, 7) is 4.37. The normalized spacial score (nSPS) is 11.5. The molecule has 0 nitrogen and oxygen atoms in total. The van der Waals surface area contributed by atoms with E-state index in [1.807, 2.05) is 0 Å². The first-order chi connectivity index (χ1) is 23.6. The zero-order valence-corrected chi connectivity index (χ0v) is 27.2. The Hall–Kier alpha value is -5.98. The molecular formula is C48H34. The summed E-state index contributed by atoms with van der Waals surface area (Å²) in [6.07, 6.45) is 0. The number of benzene rings is 9. The van der Waals surface area contributed by atoms with Crippen LogP contribution in [0.25, 0.3) is 87.6 Å². The van der Waals surface area contributed by atoms with Gasteiger partial charge in [0.2, 0.25) is 0 Å². The summed E-state index contributed by atoms with van der Waals surface area (Å²) < 4.78 is 0. The van der Waals surface area contributed by atoms with Crippen LogP contribution in [-0.4, -0.2) is 0 Å². The molecule has 0 fully saturated rings. The Morgan fingerprint density at radius 1 is 0.250 bits per heavy atom. The van der Waals surface area contributed by atoms with Crippen LogP contribution in [0.1, 0.15) is 11.1 Å². The lowest BCUT2D eigenvalue weighted by Crippen LogP contribution is -1.90. The van der Waals surface area contributed by atoms with Crippen LogP contribution < -0.4 is 0 Å². The molecule has 48 heavy (non-hydrogen) atoms. The summed E-state index contributed by atoms with van der Waals surface area (Å²) >= 11 is 0. The smallest absolute Gasteiger partial charge is 0.00928 e. The summed E-state index contributed by atoms with van der Waals surface area (Å²) in [4.78, 5) is 0. The maximum Gasteiger partial charge on any atom is -0.00928 e. The Balaban J connectivity index is 1.32. The van der Waals surface area contributed by atoms with Gasteiger partial charge in [-0.05, 0) is 149 Å². The molecule has 0 N–H and O–H groups in total. The average Bonchev–Trinajstić information content (AvgIpc) is 3.14. The molecular weight excluding hydrogens is 577 g/mol. The number of hydrogen-bond acceptors (Lipinski definition) is 0. The quantitative estimate of drug-likeness (QED) is 0.174. The van der Waals surface area contributed by atoms with Gasteiger partial charge < -0.3 is 0 Å². The Kier molecular flexibility index (Phi) is 6.69. The van der Waals surface area contributed by atoms with Gasteiger partial charge in [0.25, 0.3) is 0 Å². The maximum absolute atomic E-state index is 2.42. The first kappa shape index (κ1) is 28.3. The van der Waals surface area contributed by atoms with E-state index < -0.39 is 0 Å². The Bertz CT molecular complexity index is 2680. The van der Waals surface area contributed by atoms with Crippen LogP contribution in [0.15, 0.2) is 170 Å². The van der Waals surface area contributed by atoms with Crippen LogP contribution >= 0.6 is 0 Å². The molecule has 0 radical (unpaired) electrons. The standard InChI is InChI=1S/C48H34/c1-31-16-17-38(24-32(31)2)39-20-22-43-42(26-39)30-47(40-19-18-33-10-6-7-13-35(33)25-40)48-29-41(21-23-44(43)48)46-28-37-15-9-8-14-36(37)27-45(46)34-11-4-3-5-12-34/h3-30H,1-2H3. The van der Waals surface area contributed by atoms with E-state index in [4.69, 9.17) is 0 Å². The second-order valence-corrected chi connectivity index (χ2v) is 13.1. The topological polar surface area (TPSA) is 0 Å². The molecule has 0 amide bonds. The van der Waals surface area contributed by atoms with Crippen molar-refractivity contribution in [3.05, 3.63) is 181 Å². The summed E-state index contributed by atoms with van der Waals surface area (Å²) in [5.41, 5.74) is 12.6. The molecule has 0 aliphatic rings. The molecule has 0 unspecified atom stereocenters. The Labute approximate surface area is 281 Å². The molecule has 0 heteroatoms. The van der Waals surface area contributed by atoms with Gasteiger partial charge in [0, 0.05) is 0 Å². The molecule has 226 valence electrons. The van der Waals surface area contributed by atoms with Crippen LogP contribution in [0.5, 0.6) is 0 Å². The fraction of sp³-hybridized carbons (Fsp3) is 0.0417. The molecule has 9 aromatic carbocycles. The molecule has 9 aromatic rings. The third-order valence-corrected chi connectivity index (χ3v) is 10.1. The predicted octanol–water partition coefficient (Wildman–Crippen LogP) is 13.6. The van der Waals surface area contributed by atoms with Crippen molar-refractivity contribution >= 4 is 43.1 Å². The molecule has 0 aliphatic heterocycles. The lowest BCUT2D eigenvalue weighted by Gasteiger charge is -2.17. The van der Waals surface area contributed by atoms with E-state index >= 15 is 0 Å². The van der Waals surface area contributed by atoms with Crippen molar-refractivity contribution in [1.82, 2.24) is 0 Å². The first-order valence-corrected chi connectivity index (χ1v) is 16.7. The van der Waals surface area contributed by atoms with Gasteiger partial charge in [0.15, 0.2) is 0 Å². The van der Waals surface area contributed by atoms with Crippen molar-refractivity contribution < 1.29 is 0 Å². The van der Waals surface area contributed by atoms with Crippen LogP contribution in [0.2, 0.25) is 0 Å². The molecule has 0 atom stereocenters. The third kappa shape index (κ3) is 4.86. The molecule has 9 rings (SSSR count). The predicted molar refractivity (Wildman–Crippen MR) is 208 cm³/mol. The lowest BCUT2D eigenvalue weighted by molar-refractivity contribution is 1.34. The molecule has 0 aromatic heterocycles. The van der Waals surface area contributed by atoms with Crippen molar-refractivity contribution in [1.29, 1.82) is 0 Å². The molecule has 0 aliphatic carbocycles. The number of aryl methyl sites for hydroxylation is 2. The van der Waals surface area contributed by atoms with Crippen LogP contribution in [-0.2, 0) is 0 Å². The Morgan fingerprint density at radius 3 is 1.52 bits per heavy atom. The van der Waals surface area contributed by atoms with Crippen LogP contribution in [0.4, 0.5) is 0 Å². The van der Waals surface area contributed by atoms with E-state index in [0.29, 0.717) is 0 Å². The summed E-state index contributed by atoms with van der Waals surface area (Å²) in [7, 11) is 0. The van der Waals surface area contributed by atoms with Crippen molar-refractivity contribution in [3.8, 4) is 44.5 Å². The first-order valence-electron chi connectivity index (χ1n) is 16.7. The van der Waals surface area contributed by atoms with E-state index in [-0.39, 0.29) is 0 Å². The van der Waals surface area contributed by atoms with Gasteiger partial charge in [0.05, 0.1) is 0 Å². The second kappa shape index (κ2) is 11.4. The molecule has 0 saturated carbocycles. The van der Waals surface area contributed by atoms with Gasteiger partial charge in [-0.15, -0.1) is 0 Å². The highest BCUT2D eigenvalue weighted by atomic mass is 14.2. The van der Waals surface area contributed by atoms with Gasteiger partial charge in [0.1, 0.15) is 0 Å². The van der Waals surface area contributed by atoms with Crippen LogP contribution in [0, 0.1) is 13.8 Å². The highest BCUT2D eigenvalue weighted by Gasteiger charge is 2.15. The number of hydrogen-bond donors (Lipinski definition) is 0. The largest absolute Gasteiger partial charge is 0.0622 e. The van der Waals surface area contributed by atoms with E-state index in [9.17, 15) is 0 Å². The number of rotatable bonds is 4. The summed E-state index contributed by atoms with van der Waals surface area (Å²) in [5.74, 6) is 0. The number of fused-ring (bicyclic) bond motifs is 5. The second-order valence-electron chi connectivity index (χ2n) is 13.1. The maximum atomic E-state index is 2.42. The van der Waals surface area contributed by atoms with Gasteiger partial charge in [-0.1, -0.05) is 133 Å². The molecule has 0 heterocycles. The monoisotopic (exact) mass is 610 g/mol. The minimum atomic E-state index is 1.22. The van der Waals surface area contributed by atoms with Gasteiger partial charge >= 0.3 is 0 Å². The van der Waals surface area contributed by atoms with E-state index in [0.717, 1.165) is 0 Å². The van der Waals surface area contributed by atoms with Gasteiger partial charge in [-0.2, -0.15) is 0 Å². The Morgan fingerprint density at radius 2 is 0.771 bits per heavy atom. The molecule has 0 spiro atoms. The van der Waals surface area contributed by atoms with E-state index in [1.54, 1.807) is 0 Å². The third-order valence-electron chi connectivity index (χ3n) is 10.1. The van der Waals surface area contributed by atoms with Crippen molar-refractivity contribution in [3.63, 3.8) is 0 Å². The van der Waals surface area contributed by atoms with Crippen molar-refractivity contribution in [2.75, 3.05) is 0 Å². The fourth-order valence-electron chi connectivity index (χ4n) is 7.36. The zero-order valence-electron chi connectivity index (χ0n) is 27.2. The highest BCUT2D eigenvalue weighted by molar-refractivity contribution is 6.16. The average molecular weight is 611 g/mol. The van der Waals surface area contributed by atoms with Gasteiger partial charge in [-0.25, -0.2) is 0 Å². The minimum absolute atomic E-state index is 1.22. The summed E-state index contributed by atoms with van der Waals surface area (Å²) in [5, 5.41) is 10.1. The van der Waals surface area contributed by atoms with Gasteiger partial charge in [-0.3, -0.25) is 0 Å². The van der Waals surface area contributed by atoms with Crippen molar-refractivity contribution in [2.24, 2.45) is 0 Å². The fourth-order valence-corrected chi connectivity index (χ4v) is 7.36.